The molecule has 10 heteroatoms. The molecule has 0 bridgehead atoms. The highest BCUT2D eigenvalue weighted by Gasteiger charge is 2.21. The van der Waals surface area contributed by atoms with Crippen molar-refractivity contribution in [2.75, 3.05) is 35.9 Å². The fourth-order valence-electron chi connectivity index (χ4n) is 2.64. The van der Waals surface area contributed by atoms with Crippen LogP contribution in [0.15, 0.2) is 48.5 Å². The maximum Gasteiger partial charge on any atom is 0.338 e. The van der Waals surface area contributed by atoms with Crippen molar-refractivity contribution < 1.29 is 32.3 Å². The van der Waals surface area contributed by atoms with Crippen LogP contribution in [0.3, 0.4) is 0 Å². The van der Waals surface area contributed by atoms with E-state index in [0.717, 1.165) is 12.8 Å². The molecule has 0 fully saturated rings. The third-order valence-electron chi connectivity index (χ3n) is 4.19. The number of ether oxygens (including phenoxy) is 2. The van der Waals surface area contributed by atoms with Gasteiger partial charge in [-0.15, -0.1) is 0 Å². The van der Waals surface area contributed by atoms with Gasteiger partial charge in [0.2, 0.25) is 11.8 Å². The Balaban J connectivity index is 1.90. The Morgan fingerprint density at radius 3 is 2.12 bits per heavy atom. The van der Waals surface area contributed by atoms with E-state index in [9.17, 15) is 22.8 Å². The quantitative estimate of drug-likeness (QED) is 0.388. The first-order valence-corrected chi connectivity index (χ1v) is 11.8. The van der Waals surface area contributed by atoms with Gasteiger partial charge in [-0.05, 0) is 48.9 Å². The minimum absolute atomic E-state index is 0.237. The molecule has 0 aromatic heterocycles. The molecule has 0 saturated carbocycles. The third-order valence-corrected chi connectivity index (χ3v) is 5.59. The number of methoxy groups -OCH3 is 1. The third kappa shape index (κ3) is 8.38. The molecular weight excluding hydrogens is 436 g/mol. The fourth-order valence-corrected chi connectivity index (χ4v) is 3.68. The number of carbonyl (C=O) groups is 3. The predicted octanol–water partition coefficient (Wildman–Crippen LogP) is 2.64. The lowest BCUT2D eigenvalue weighted by atomic mass is 10.2. The minimum atomic E-state index is -4.01. The van der Waals surface area contributed by atoms with Crippen LogP contribution in [0, 0.1) is 0 Å². The predicted molar refractivity (Wildman–Crippen MR) is 121 cm³/mol. The van der Waals surface area contributed by atoms with E-state index in [0.29, 0.717) is 18.0 Å². The van der Waals surface area contributed by atoms with E-state index in [2.05, 4.69) is 10.6 Å². The first-order chi connectivity index (χ1) is 15.2. The molecule has 0 aliphatic rings. The number of anilines is 2. The van der Waals surface area contributed by atoms with Gasteiger partial charge < -0.3 is 20.1 Å². The summed E-state index contributed by atoms with van der Waals surface area (Å²) in [5.41, 5.74) is 0.886. The van der Waals surface area contributed by atoms with Gasteiger partial charge in [-0.2, -0.15) is 0 Å². The number of benzene rings is 2. The largest absolute Gasteiger partial charge is 0.497 e. The maximum atomic E-state index is 12.2. The second kappa shape index (κ2) is 11.8. The molecule has 0 saturated heterocycles. The molecular formula is C22H26N2O7S. The smallest absolute Gasteiger partial charge is 0.338 e. The Morgan fingerprint density at radius 2 is 1.53 bits per heavy atom. The van der Waals surface area contributed by atoms with E-state index in [-0.39, 0.29) is 11.3 Å². The Kier molecular flexibility index (Phi) is 9.21. The van der Waals surface area contributed by atoms with Gasteiger partial charge in [0.05, 0.1) is 19.3 Å². The topological polar surface area (TPSA) is 128 Å². The number of esters is 1. The van der Waals surface area contributed by atoms with Crippen molar-refractivity contribution in [3.8, 4) is 5.75 Å². The lowest BCUT2D eigenvalue weighted by Crippen LogP contribution is -2.30. The fraction of sp³-hybridized carbons (Fsp3) is 0.318. The number of hydrogen-bond donors (Lipinski definition) is 2. The number of carbonyl (C=O) groups excluding carboxylic acids is 3. The average Bonchev–Trinajstić information content (AvgIpc) is 2.73. The molecule has 9 nitrogen and oxygen atoms in total. The Hall–Kier alpha value is -3.40. The summed E-state index contributed by atoms with van der Waals surface area (Å²) in [6.45, 7) is 2.27. The second-order valence-electron chi connectivity index (χ2n) is 6.93. The molecule has 2 N–H and O–H groups in total. The van der Waals surface area contributed by atoms with E-state index >= 15 is 0 Å². The van der Waals surface area contributed by atoms with Crippen molar-refractivity contribution in [1.82, 2.24) is 0 Å². The van der Waals surface area contributed by atoms with Crippen LogP contribution in [0.4, 0.5) is 11.4 Å². The zero-order chi connectivity index (χ0) is 23.6. The summed E-state index contributed by atoms with van der Waals surface area (Å²) in [5.74, 6) is -3.26. The lowest BCUT2D eigenvalue weighted by molar-refractivity contribution is -0.114. The number of amides is 2. The van der Waals surface area contributed by atoms with E-state index in [4.69, 9.17) is 9.47 Å². The van der Waals surface area contributed by atoms with Gasteiger partial charge in [-0.25, -0.2) is 13.2 Å². The zero-order valence-electron chi connectivity index (χ0n) is 17.9. The highest BCUT2D eigenvalue weighted by Crippen LogP contribution is 2.15. The Labute approximate surface area is 187 Å². The van der Waals surface area contributed by atoms with E-state index in [1.54, 1.807) is 30.3 Å². The number of sulfone groups is 1. The van der Waals surface area contributed by atoms with Crippen LogP contribution >= 0.6 is 0 Å². The molecule has 0 heterocycles. The summed E-state index contributed by atoms with van der Waals surface area (Å²) in [6.07, 6.45) is 1.63. The van der Waals surface area contributed by atoms with Crippen molar-refractivity contribution in [1.29, 1.82) is 0 Å². The average molecular weight is 463 g/mol. The molecule has 0 radical (unpaired) electrons. The van der Waals surface area contributed by atoms with Crippen molar-refractivity contribution in [3.05, 3.63) is 54.1 Å². The van der Waals surface area contributed by atoms with Crippen molar-refractivity contribution in [2.45, 2.75) is 19.8 Å². The van der Waals surface area contributed by atoms with Gasteiger partial charge in [0.25, 0.3) is 0 Å². The molecule has 2 amide bonds. The summed E-state index contributed by atoms with van der Waals surface area (Å²) in [4.78, 5) is 36.2. The highest BCUT2D eigenvalue weighted by molar-refractivity contribution is 7.92. The molecule has 2 aromatic carbocycles. The Bertz CT molecular complexity index is 1050. The van der Waals surface area contributed by atoms with Gasteiger partial charge in [0, 0.05) is 11.4 Å². The molecule has 0 unspecified atom stereocenters. The summed E-state index contributed by atoms with van der Waals surface area (Å²) in [6, 6.07) is 12.4. The van der Waals surface area contributed by atoms with Crippen LogP contribution < -0.4 is 15.4 Å². The normalized spacial score (nSPS) is 10.8. The number of rotatable bonds is 11. The Morgan fingerprint density at radius 1 is 0.906 bits per heavy atom. The standard InChI is InChI=1S/C22H26N2O7S/c1-3-4-12-31-22(27)16-6-5-7-18(13-16)24-21(26)15-32(28,29)14-20(25)23-17-8-10-19(30-2)11-9-17/h5-11,13H,3-4,12,14-15H2,1-2H3,(H,23,25)(H,24,26). The van der Waals surface area contributed by atoms with E-state index in [1.165, 1.54) is 25.3 Å². The number of nitrogens with one attached hydrogen (secondary N) is 2. The van der Waals surface area contributed by atoms with Crippen LogP contribution in [0.2, 0.25) is 0 Å². The van der Waals surface area contributed by atoms with Gasteiger partial charge in [0.1, 0.15) is 17.3 Å². The summed E-state index contributed by atoms with van der Waals surface area (Å²) < 4.78 is 34.6. The monoisotopic (exact) mass is 462 g/mol. The van der Waals surface area contributed by atoms with Gasteiger partial charge in [-0.3, -0.25) is 9.59 Å². The molecule has 0 aliphatic carbocycles. The molecule has 32 heavy (non-hydrogen) atoms. The summed E-state index contributed by atoms with van der Waals surface area (Å²) in [5, 5.41) is 4.88. The first-order valence-electron chi connectivity index (χ1n) is 9.94. The van der Waals surface area contributed by atoms with Crippen LogP contribution in [0.1, 0.15) is 30.1 Å². The molecule has 0 atom stereocenters. The van der Waals surface area contributed by atoms with Crippen molar-refractivity contribution >= 4 is 39.0 Å². The lowest BCUT2D eigenvalue weighted by Gasteiger charge is -2.09. The van der Waals surface area contributed by atoms with E-state index in [1.807, 2.05) is 6.92 Å². The van der Waals surface area contributed by atoms with Crippen LogP contribution in [0.25, 0.3) is 0 Å². The SMILES string of the molecule is CCCCOC(=O)c1cccc(NC(=O)CS(=O)(=O)CC(=O)Nc2ccc(OC)cc2)c1. The molecule has 2 rings (SSSR count). The highest BCUT2D eigenvalue weighted by atomic mass is 32.2. The summed E-state index contributed by atoms with van der Waals surface area (Å²) in [7, 11) is -2.51. The number of unbranched alkanes of at least 4 members (excludes halogenated alkanes) is 1. The van der Waals surface area contributed by atoms with Gasteiger partial charge in [0.15, 0.2) is 9.84 Å². The van der Waals surface area contributed by atoms with Crippen LogP contribution in [-0.2, 0) is 24.2 Å². The molecule has 2 aromatic rings. The second-order valence-corrected chi connectivity index (χ2v) is 8.99. The van der Waals surface area contributed by atoms with Crippen molar-refractivity contribution in [2.24, 2.45) is 0 Å². The van der Waals surface area contributed by atoms with Crippen LogP contribution in [0.5, 0.6) is 5.75 Å². The zero-order valence-corrected chi connectivity index (χ0v) is 18.7. The van der Waals surface area contributed by atoms with Crippen LogP contribution in [-0.4, -0.2) is 51.4 Å². The van der Waals surface area contributed by atoms with Gasteiger partial charge in [-0.1, -0.05) is 19.4 Å². The van der Waals surface area contributed by atoms with E-state index < -0.39 is 39.1 Å². The molecule has 0 aliphatic heterocycles. The first kappa shape index (κ1) is 24.9. The van der Waals surface area contributed by atoms with Gasteiger partial charge >= 0.3 is 5.97 Å². The van der Waals surface area contributed by atoms with Crippen molar-refractivity contribution in [3.63, 3.8) is 0 Å². The number of hydrogen-bond acceptors (Lipinski definition) is 7. The molecule has 0 spiro atoms. The maximum absolute atomic E-state index is 12.2. The summed E-state index contributed by atoms with van der Waals surface area (Å²) >= 11 is 0. The minimum Gasteiger partial charge on any atom is -0.497 e. The molecule has 172 valence electrons.